The van der Waals surface area contributed by atoms with Crippen molar-refractivity contribution in [3.05, 3.63) is 24.0 Å². The third-order valence-electron chi connectivity index (χ3n) is 4.56. The number of piperidine rings is 1. The molecule has 3 nitrogen and oxygen atoms in total. The number of hydrogen-bond acceptors (Lipinski definition) is 3. The highest BCUT2D eigenvalue weighted by molar-refractivity contribution is 5.47. The smallest absolute Gasteiger partial charge is 0.371 e. The number of nitrogens with one attached hydrogen (secondary N) is 1. The summed E-state index contributed by atoms with van der Waals surface area (Å²) in [5, 5.41) is 3.39. The molecule has 0 bridgehead atoms. The van der Waals surface area contributed by atoms with Gasteiger partial charge in [-0.2, -0.15) is 13.2 Å². The van der Waals surface area contributed by atoms with Crippen molar-refractivity contribution in [3.8, 4) is 0 Å². The second-order valence-electron chi connectivity index (χ2n) is 5.81. The van der Waals surface area contributed by atoms with E-state index in [0.29, 0.717) is 11.1 Å². The Morgan fingerprint density at radius 3 is 2.55 bits per heavy atom. The first-order chi connectivity index (χ1) is 9.49. The van der Waals surface area contributed by atoms with Crippen molar-refractivity contribution in [1.82, 2.24) is 10.3 Å². The summed E-state index contributed by atoms with van der Waals surface area (Å²) in [6.07, 6.45) is 0.153. The Morgan fingerprint density at radius 1 is 1.20 bits per heavy atom. The Balaban J connectivity index is 1.72. The summed E-state index contributed by atoms with van der Waals surface area (Å²) in [5.74, 6) is 0. The molecule has 1 spiro atoms. The summed E-state index contributed by atoms with van der Waals surface area (Å²) >= 11 is 0. The first-order valence-corrected chi connectivity index (χ1v) is 6.98. The molecule has 0 radical (unpaired) electrons. The maximum Gasteiger partial charge on any atom is 0.433 e. The van der Waals surface area contributed by atoms with Gasteiger partial charge in [-0.1, -0.05) is 0 Å². The number of aromatic nitrogens is 1. The number of halogens is 3. The van der Waals surface area contributed by atoms with E-state index in [1.165, 1.54) is 12.6 Å². The van der Waals surface area contributed by atoms with Crippen LogP contribution in [0.2, 0.25) is 0 Å². The molecule has 0 unspecified atom stereocenters. The first kappa shape index (κ1) is 13.7. The molecular formula is C14H18F3N3. The van der Waals surface area contributed by atoms with Crippen LogP contribution in [0.25, 0.3) is 0 Å². The molecule has 1 aromatic rings. The van der Waals surface area contributed by atoms with E-state index in [1.54, 1.807) is 6.07 Å². The zero-order valence-corrected chi connectivity index (χ0v) is 11.2. The van der Waals surface area contributed by atoms with Gasteiger partial charge in [-0.15, -0.1) is 0 Å². The molecule has 20 heavy (non-hydrogen) atoms. The number of pyridine rings is 1. The third kappa shape index (κ3) is 2.61. The zero-order valence-electron chi connectivity index (χ0n) is 11.2. The highest BCUT2D eigenvalue weighted by Crippen LogP contribution is 2.38. The minimum atomic E-state index is -4.37. The van der Waals surface area contributed by atoms with Gasteiger partial charge < -0.3 is 10.2 Å². The van der Waals surface area contributed by atoms with Crippen molar-refractivity contribution >= 4 is 5.69 Å². The van der Waals surface area contributed by atoms with Gasteiger partial charge in [0.25, 0.3) is 0 Å². The largest absolute Gasteiger partial charge is 0.433 e. The molecule has 0 saturated carbocycles. The zero-order chi connectivity index (χ0) is 14.2. The molecule has 2 saturated heterocycles. The van der Waals surface area contributed by atoms with Crippen LogP contribution in [-0.4, -0.2) is 31.2 Å². The minimum absolute atomic E-state index is 0.371. The summed E-state index contributed by atoms with van der Waals surface area (Å²) in [6.45, 7) is 3.75. The molecule has 0 aromatic carbocycles. The Labute approximate surface area is 116 Å². The standard InChI is InChI=1S/C14H18F3N3/c15-14(16,17)12-9-11(1-5-19-12)20-7-3-13(4-8-20)2-6-18-10-13/h1,5,9,18H,2-4,6-8,10H2. The van der Waals surface area contributed by atoms with Crippen LogP contribution in [0.5, 0.6) is 0 Å². The SMILES string of the molecule is FC(F)(F)c1cc(N2CCC3(CCNC3)CC2)ccn1. The molecule has 2 aliphatic rings. The molecule has 6 heteroatoms. The lowest BCUT2D eigenvalue weighted by molar-refractivity contribution is -0.141. The van der Waals surface area contributed by atoms with Crippen molar-refractivity contribution < 1.29 is 13.2 Å². The van der Waals surface area contributed by atoms with Gasteiger partial charge in [-0.3, -0.25) is 4.98 Å². The predicted molar refractivity (Wildman–Crippen MR) is 70.6 cm³/mol. The van der Waals surface area contributed by atoms with Crippen molar-refractivity contribution in [1.29, 1.82) is 0 Å². The van der Waals surface area contributed by atoms with E-state index < -0.39 is 11.9 Å². The van der Waals surface area contributed by atoms with Gasteiger partial charge in [0.2, 0.25) is 0 Å². The fourth-order valence-electron chi connectivity index (χ4n) is 3.23. The quantitative estimate of drug-likeness (QED) is 0.860. The molecule has 0 aliphatic carbocycles. The summed E-state index contributed by atoms with van der Waals surface area (Å²) in [5.41, 5.74) is 0.196. The van der Waals surface area contributed by atoms with E-state index >= 15 is 0 Å². The van der Waals surface area contributed by atoms with Crippen LogP contribution in [0.15, 0.2) is 18.3 Å². The van der Waals surface area contributed by atoms with Gasteiger partial charge >= 0.3 is 6.18 Å². The van der Waals surface area contributed by atoms with Crippen LogP contribution in [0.1, 0.15) is 25.0 Å². The van der Waals surface area contributed by atoms with Gasteiger partial charge in [-0.25, -0.2) is 0 Å². The molecule has 1 aromatic heterocycles. The molecule has 3 rings (SSSR count). The Kier molecular flexibility index (Phi) is 3.36. The minimum Gasteiger partial charge on any atom is -0.371 e. The normalized spacial score (nSPS) is 22.4. The molecule has 110 valence electrons. The molecule has 2 aliphatic heterocycles. The van der Waals surface area contributed by atoms with Gasteiger partial charge in [0.15, 0.2) is 0 Å². The monoisotopic (exact) mass is 285 g/mol. The summed E-state index contributed by atoms with van der Waals surface area (Å²) in [7, 11) is 0. The summed E-state index contributed by atoms with van der Waals surface area (Å²) in [6, 6.07) is 2.82. The van der Waals surface area contributed by atoms with Gasteiger partial charge in [-0.05, 0) is 43.4 Å². The van der Waals surface area contributed by atoms with Crippen LogP contribution in [0, 0.1) is 5.41 Å². The molecule has 2 fully saturated rings. The third-order valence-corrected chi connectivity index (χ3v) is 4.56. The highest BCUT2D eigenvalue weighted by atomic mass is 19.4. The maximum atomic E-state index is 12.7. The number of alkyl halides is 3. The lowest BCUT2D eigenvalue weighted by atomic mass is 9.78. The van der Waals surface area contributed by atoms with Crippen LogP contribution in [0.3, 0.4) is 0 Å². The van der Waals surface area contributed by atoms with Crippen LogP contribution < -0.4 is 10.2 Å². The molecular weight excluding hydrogens is 267 g/mol. The number of rotatable bonds is 1. The lowest BCUT2D eigenvalue weighted by Crippen LogP contribution is -2.41. The number of hydrogen-bond donors (Lipinski definition) is 1. The Bertz CT molecular complexity index is 471. The molecule has 3 heterocycles. The topological polar surface area (TPSA) is 28.2 Å². The first-order valence-electron chi connectivity index (χ1n) is 6.98. The van der Waals surface area contributed by atoms with E-state index in [0.717, 1.165) is 45.1 Å². The van der Waals surface area contributed by atoms with Crippen molar-refractivity contribution in [2.75, 3.05) is 31.1 Å². The van der Waals surface area contributed by atoms with E-state index in [9.17, 15) is 13.2 Å². The van der Waals surface area contributed by atoms with Gasteiger partial charge in [0.1, 0.15) is 5.69 Å². The maximum absolute atomic E-state index is 12.7. The van der Waals surface area contributed by atoms with Gasteiger partial charge in [0.05, 0.1) is 0 Å². The van der Waals surface area contributed by atoms with Crippen LogP contribution >= 0.6 is 0 Å². The van der Waals surface area contributed by atoms with E-state index in [2.05, 4.69) is 10.3 Å². The van der Waals surface area contributed by atoms with E-state index in [1.807, 2.05) is 4.90 Å². The molecule has 0 amide bonds. The average molecular weight is 285 g/mol. The molecule has 0 atom stereocenters. The average Bonchev–Trinajstić information content (AvgIpc) is 2.87. The van der Waals surface area contributed by atoms with Crippen molar-refractivity contribution in [2.45, 2.75) is 25.4 Å². The lowest BCUT2D eigenvalue weighted by Gasteiger charge is -2.40. The van der Waals surface area contributed by atoms with E-state index in [4.69, 9.17) is 0 Å². The van der Waals surface area contributed by atoms with E-state index in [-0.39, 0.29) is 0 Å². The highest BCUT2D eigenvalue weighted by Gasteiger charge is 2.38. The van der Waals surface area contributed by atoms with Crippen molar-refractivity contribution in [2.24, 2.45) is 5.41 Å². The number of nitrogens with zero attached hydrogens (tertiary/aromatic N) is 2. The second-order valence-corrected chi connectivity index (χ2v) is 5.81. The van der Waals surface area contributed by atoms with Gasteiger partial charge in [0, 0.05) is 31.5 Å². The van der Waals surface area contributed by atoms with Crippen molar-refractivity contribution in [3.63, 3.8) is 0 Å². The molecule has 1 N–H and O–H groups in total. The second kappa shape index (κ2) is 4.91. The summed E-state index contributed by atoms with van der Waals surface area (Å²) in [4.78, 5) is 5.46. The fourth-order valence-corrected chi connectivity index (χ4v) is 3.23. The van der Waals surface area contributed by atoms with Crippen LogP contribution in [0.4, 0.5) is 18.9 Å². The fraction of sp³-hybridized carbons (Fsp3) is 0.643. The Hall–Kier alpha value is -1.30. The predicted octanol–water partition coefficient (Wildman–Crippen LogP) is 2.68. The number of anilines is 1. The van der Waals surface area contributed by atoms with Crippen LogP contribution in [-0.2, 0) is 6.18 Å². The Morgan fingerprint density at radius 2 is 1.95 bits per heavy atom. The summed E-state index contributed by atoms with van der Waals surface area (Å²) < 4.78 is 38.1.